The molecule has 1 aliphatic rings. The maximum Gasteiger partial charge on any atom is 0.272 e. The molecule has 1 aromatic heterocycles. The molecular formula is C12H16F2N4O. The van der Waals surface area contributed by atoms with E-state index in [2.05, 4.69) is 9.98 Å². The Bertz CT molecular complexity index is 449. The zero-order valence-electron chi connectivity index (χ0n) is 10.4. The molecule has 0 saturated carbocycles. The molecule has 0 spiro atoms. The van der Waals surface area contributed by atoms with Crippen molar-refractivity contribution in [3.05, 3.63) is 24.0 Å². The monoisotopic (exact) mass is 270 g/mol. The molecule has 1 saturated heterocycles. The van der Waals surface area contributed by atoms with Crippen LogP contribution in [0, 0.1) is 0 Å². The molecule has 104 valence electrons. The van der Waals surface area contributed by atoms with Crippen molar-refractivity contribution < 1.29 is 13.5 Å². The molecule has 2 N–H and O–H groups in total. The Morgan fingerprint density at radius 2 is 2.32 bits per heavy atom. The molecule has 7 heteroatoms. The Morgan fingerprint density at radius 1 is 1.53 bits per heavy atom. The lowest BCUT2D eigenvalue weighted by Crippen LogP contribution is -2.46. The van der Waals surface area contributed by atoms with Crippen LogP contribution in [0.2, 0.25) is 0 Å². The zero-order chi connectivity index (χ0) is 13.7. The predicted octanol–water partition coefficient (Wildman–Crippen LogP) is 1.25. The minimum absolute atomic E-state index is 0.295. The molecule has 1 aliphatic heterocycles. The first kappa shape index (κ1) is 13.5. The fourth-order valence-electron chi connectivity index (χ4n) is 1.63. The molecule has 5 nitrogen and oxygen atoms in total. The van der Waals surface area contributed by atoms with Crippen LogP contribution in [0.15, 0.2) is 23.5 Å². The maximum atomic E-state index is 12.1. The smallest absolute Gasteiger partial charge is 0.272 e. The summed E-state index contributed by atoms with van der Waals surface area (Å²) in [5.41, 5.74) is 6.49. The molecule has 0 bridgehead atoms. The largest absolute Gasteiger partial charge is 0.486 e. The molecule has 0 atom stereocenters. The highest BCUT2D eigenvalue weighted by Gasteiger charge is 2.15. The van der Waals surface area contributed by atoms with E-state index >= 15 is 0 Å². The summed E-state index contributed by atoms with van der Waals surface area (Å²) in [6, 6.07) is 1.69. The fraction of sp³-hybridized carbons (Fsp3) is 0.500. The third-order valence-corrected chi connectivity index (χ3v) is 2.83. The predicted molar refractivity (Wildman–Crippen MR) is 67.3 cm³/mol. The van der Waals surface area contributed by atoms with E-state index in [0.29, 0.717) is 23.8 Å². The van der Waals surface area contributed by atoms with Crippen molar-refractivity contribution in [1.82, 2.24) is 9.88 Å². The summed E-state index contributed by atoms with van der Waals surface area (Å²) in [5.74, 6) is 0.797. The Labute approximate surface area is 110 Å². The van der Waals surface area contributed by atoms with Gasteiger partial charge in [0.05, 0.1) is 12.7 Å². The fourth-order valence-corrected chi connectivity index (χ4v) is 1.63. The summed E-state index contributed by atoms with van der Waals surface area (Å²) < 4.78 is 29.2. The SMILES string of the molecule is NC(=NCc1ccncc1OCC(F)F)N1CCC1. The van der Waals surface area contributed by atoms with Gasteiger partial charge in [-0.15, -0.1) is 0 Å². The maximum absolute atomic E-state index is 12.1. The van der Waals surface area contributed by atoms with Gasteiger partial charge in [0.1, 0.15) is 12.4 Å². The number of pyridine rings is 1. The lowest BCUT2D eigenvalue weighted by atomic mass is 10.2. The van der Waals surface area contributed by atoms with Gasteiger partial charge in [-0.05, 0) is 12.5 Å². The third kappa shape index (κ3) is 3.77. The van der Waals surface area contributed by atoms with Crippen molar-refractivity contribution in [3.8, 4) is 5.75 Å². The number of nitrogens with zero attached hydrogens (tertiary/aromatic N) is 3. The Hall–Kier alpha value is -1.92. The quantitative estimate of drug-likeness (QED) is 0.646. The normalized spacial score (nSPS) is 15.5. The Morgan fingerprint density at radius 3 is 2.95 bits per heavy atom. The lowest BCUT2D eigenvalue weighted by molar-refractivity contribution is 0.0812. The molecule has 1 aromatic rings. The number of guanidine groups is 1. The number of alkyl halides is 2. The highest BCUT2D eigenvalue weighted by atomic mass is 19.3. The van der Waals surface area contributed by atoms with Crippen molar-refractivity contribution >= 4 is 5.96 Å². The first-order valence-electron chi connectivity index (χ1n) is 6.05. The van der Waals surface area contributed by atoms with Gasteiger partial charge in [0, 0.05) is 24.8 Å². The standard InChI is InChI=1S/C12H16F2N4O/c13-11(14)8-19-10-7-16-3-2-9(10)6-17-12(15)18-4-1-5-18/h2-3,7,11H,1,4-6,8H2,(H2,15,17). The first-order chi connectivity index (χ1) is 9.16. The van der Waals surface area contributed by atoms with Gasteiger partial charge in [-0.2, -0.15) is 0 Å². The third-order valence-electron chi connectivity index (χ3n) is 2.83. The van der Waals surface area contributed by atoms with Crippen molar-refractivity contribution in [2.75, 3.05) is 19.7 Å². The van der Waals surface area contributed by atoms with E-state index < -0.39 is 13.0 Å². The molecule has 0 radical (unpaired) electrons. The van der Waals surface area contributed by atoms with Gasteiger partial charge in [0.2, 0.25) is 0 Å². The number of rotatable bonds is 5. The van der Waals surface area contributed by atoms with Crippen LogP contribution in [0.3, 0.4) is 0 Å². The topological polar surface area (TPSA) is 63.7 Å². The number of hydrogen-bond donors (Lipinski definition) is 1. The van der Waals surface area contributed by atoms with Gasteiger partial charge in [-0.25, -0.2) is 13.8 Å². The molecule has 0 aromatic carbocycles. The second-order valence-electron chi connectivity index (χ2n) is 4.20. The van der Waals surface area contributed by atoms with Gasteiger partial charge in [0.15, 0.2) is 5.96 Å². The van der Waals surface area contributed by atoms with E-state index in [4.69, 9.17) is 10.5 Å². The molecule has 1 fully saturated rings. The van der Waals surface area contributed by atoms with Crippen molar-refractivity contribution in [2.24, 2.45) is 10.7 Å². The number of halogens is 2. The summed E-state index contributed by atoms with van der Waals surface area (Å²) >= 11 is 0. The summed E-state index contributed by atoms with van der Waals surface area (Å²) in [5, 5.41) is 0. The second kappa shape index (κ2) is 6.31. The van der Waals surface area contributed by atoms with E-state index in [1.807, 2.05) is 4.90 Å². The average molecular weight is 270 g/mol. The average Bonchev–Trinajstić information content (AvgIpc) is 2.32. The summed E-state index contributed by atoms with van der Waals surface area (Å²) in [6.07, 6.45) is 1.59. The number of aliphatic imine (C=N–C) groups is 1. The van der Waals surface area contributed by atoms with E-state index in [0.717, 1.165) is 19.5 Å². The van der Waals surface area contributed by atoms with Gasteiger partial charge in [0.25, 0.3) is 6.43 Å². The van der Waals surface area contributed by atoms with Crippen LogP contribution in [0.4, 0.5) is 8.78 Å². The highest BCUT2D eigenvalue weighted by Crippen LogP contribution is 2.18. The first-order valence-corrected chi connectivity index (χ1v) is 6.05. The van der Waals surface area contributed by atoms with Gasteiger partial charge in [-0.3, -0.25) is 4.98 Å². The van der Waals surface area contributed by atoms with Crippen molar-refractivity contribution in [2.45, 2.75) is 19.4 Å². The van der Waals surface area contributed by atoms with Crippen LogP contribution >= 0.6 is 0 Å². The number of hydrogen-bond acceptors (Lipinski definition) is 3. The van der Waals surface area contributed by atoms with Crippen LogP contribution < -0.4 is 10.5 Å². The van der Waals surface area contributed by atoms with Crippen LogP contribution in [-0.2, 0) is 6.54 Å². The molecule has 0 amide bonds. The van der Waals surface area contributed by atoms with E-state index in [-0.39, 0.29) is 0 Å². The van der Waals surface area contributed by atoms with Gasteiger partial charge >= 0.3 is 0 Å². The lowest BCUT2D eigenvalue weighted by Gasteiger charge is -2.31. The molecule has 2 rings (SSSR count). The number of ether oxygens (including phenoxy) is 1. The number of likely N-dealkylation sites (tertiary alicyclic amines) is 1. The van der Waals surface area contributed by atoms with Crippen LogP contribution in [-0.4, -0.2) is 42.0 Å². The Kier molecular flexibility index (Phi) is 4.48. The molecular weight excluding hydrogens is 254 g/mol. The summed E-state index contributed by atoms with van der Waals surface area (Å²) in [4.78, 5) is 10.0. The van der Waals surface area contributed by atoms with E-state index in [1.54, 1.807) is 12.3 Å². The zero-order valence-corrected chi connectivity index (χ0v) is 10.4. The van der Waals surface area contributed by atoms with Crippen LogP contribution in [0.5, 0.6) is 5.75 Å². The minimum atomic E-state index is -2.51. The summed E-state index contributed by atoms with van der Waals surface area (Å²) in [6.45, 7) is 1.48. The van der Waals surface area contributed by atoms with E-state index in [1.165, 1.54) is 6.20 Å². The van der Waals surface area contributed by atoms with Gasteiger partial charge in [-0.1, -0.05) is 0 Å². The van der Waals surface area contributed by atoms with Crippen molar-refractivity contribution in [3.63, 3.8) is 0 Å². The van der Waals surface area contributed by atoms with Crippen LogP contribution in [0.1, 0.15) is 12.0 Å². The minimum Gasteiger partial charge on any atom is -0.486 e. The van der Waals surface area contributed by atoms with Gasteiger partial charge < -0.3 is 15.4 Å². The Balaban J connectivity index is 1.98. The second-order valence-corrected chi connectivity index (χ2v) is 4.20. The number of nitrogens with two attached hydrogens (primary N) is 1. The summed E-state index contributed by atoms with van der Waals surface area (Å²) in [7, 11) is 0. The molecule has 2 heterocycles. The van der Waals surface area contributed by atoms with Crippen LogP contribution in [0.25, 0.3) is 0 Å². The van der Waals surface area contributed by atoms with Crippen molar-refractivity contribution in [1.29, 1.82) is 0 Å². The highest BCUT2D eigenvalue weighted by molar-refractivity contribution is 5.78. The molecule has 0 unspecified atom stereocenters. The molecule has 19 heavy (non-hydrogen) atoms. The number of aromatic nitrogens is 1. The van der Waals surface area contributed by atoms with E-state index in [9.17, 15) is 8.78 Å². The molecule has 0 aliphatic carbocycles.